The second-order valence-corrected chi connectivity index (χ2v) is 7.63. The molecule has 160 valence electrons. The first-order chi connectivity index (χ1) is 15.5. The third kappa shape index (κ3) is 3.60. The van der Waals surface area contributed by atoms with E-state index in [1.54, 1.807) is 29.1 Å². The van der Waals surface area contributed by atoms with Crippen molar-refractivity contribution in [3.8, 4) is 22.5 Å². The van der Waals surface area contributed by atoms with Crippen LogP contribution in [0.2, 0.25) is 0 Å². The van der Waals surface area contributed by atoms with Crippen molar-refractivity contribution in [3.63, 3.8) is 0 Å². The van der Waals surface area contributed by atoms with Gasteiger partial charge in [-0.05, 0) is 61.4 Å². The van der Waals surface area contributed by atoms with Crippen LogP contribution in [0.4, 0.5) is 16.0 Å². The largest absolute Gasteiger partial charge is 0.348 e. The van der Waals surface area contributed by atoms with Gasteiger partial charge in [0, 0.05) is 47.4 Å². The summed E-state index contributed by atoms with van der Waals surface area (Å²) in [5.74, 6) is 0.585. The van der Waals surface area contributed by atoms with Gasteiger partial charge in [-0.15, -0.1) is 5.10 Å². The fourth-order valence-electron chi connectivity index (χ4n) is 3.82. The number of aromatic nitrogens is 4. The van der Waals surface area contributed by atoms with E-state index in [0.29, 0.717) is 41.6 Å². The Morgan fingerprint density at radius 1 is 1.09 bits per heavy atom. The Labute approximate surface area is 184 Å². The Bertz CT molecular complexity index is 1350. The molecule has 0 atom stereocenters. The highest BCUT2D eigenvalue weighted by Crippen LogP contribution is 2.28. The highest BCUT2D eigenvalue weighted by atomic mass is 19.1. The molecule has 0 unspecified atom stereocenters. The first-order valence-corrected chi connectivity index (χ1v) is 10.4. The van der Waals surface area contributed by atoms with E-state index in [9.17, 15) is 9.18 Å². The summed E-state index contributed by atoms with van der Waals surface area (Å²) >= 11 is 0. The lowest BCUT2D eigenvalue weighted by Crippen LogP contribution is -2.12. The van der Waals surface area contributed by atoms with Crippen molar-refractivity contribution < 1.29 is 9.18 Å². The zero-order chi connectivity index (χ0) is 22.2. The Kier molecular flexibility index (Phi) is 4.89. The zero-order valence-corrected chi connectivity index (χ0v) is 17.7. The van der Waals surface area contributed by atoms with Gasteiger partial charge in [-0.2, -0.15) is 4.98 Å². The Morgan fingerprint density at radius 2 is 1.94 bits per heavy atom. The van der Waals surface area contributed by atoms with Crippen LogP contribution in [-0.4, -0.2) is 25.7 Å². The molecule has 1 amide bonds. The predicted molar refractivity (Wildman–Crippen MR) is 120 cm³/mol. The van der Waals surface area contributed by atoms with Crippen LogP contribution in [0, 0.1) is 12.7 Å². The minimum Gasteiger partial charge on any atom is -0.348 e. The van der Waals surface area contributed by atoms with Crippen LogP contribution < -0.4 is 10.6 Å². The average molecular weight is 428 g/mol. The lowest BCUT2D eigenvalue weighted by molar-refractivity contribution is 0.0966. The Balaban J connectivity index is 1.44. The maximum atomic E-state index is 14.9. The molecule has 2 aromatic carbocycles. The molecule has 3 heterocycles. The minimum absolute atomic E-state index is 0.0574. The molecule has 4 aromatic rings. The van der Waals surface area contributed by atoms with Crippen LogP contribution in [0.1, 0.15) is 28.5 Å². The number of rotatable bonds is 5. The number of benzene rings is 2. The molecular formula is C24H21FN6O. The van der Waals surface area contributed by atoms with Gasteiger partial charge < -0.3 is 10.6 Å². The fraction of sp³-hybridized carbons (Fsp3) is 0.167. The predicted octanol–water partition coefficient (Wildman–Crippen LogP) is 4.46. The zero-order valence-electron chi connectivity index (χ0n) is 17.7. The van der Waals surface area contributed by atoms with Gasteiger partial charge in [-0.25, -0.2) is 9.07 Å². The highest BCUT2D eigenvalue weighted by molar-refractivity contribution is 5.98. The molecule has 5 rings (SSSR count). The number of carbonyl (C=O) groups is 1. The van der Waals surface area contributed by atoms with Crippen LogP contribution >= 0.6 is 0 Å². The number of nitrogens with zero attached hydrogens (tertiary/aromatic N) is 4. The van der Waals surface area contributed by atoms with Crippen LogP contribution in [0.3, 0.4) is 0 Å². The summed E-state index contributed by atoms with van der Waals surface area (Å²) in [6.07, 6.45) is 1.67. The molecule has 0 fully saturated rings. The van der Waals surface area contributed by atoms with Crippen molar-refractivity contribution >= 4 is 17.5 Å². The fourth-order valence-corrected chi connectivity index (χ4v) is 3.82. The van der Waals surface area contributed by atoms with Crippen LogP contribution in [-0.2, 0) is 13.1 Å². The van der Waals surface area contributed by atoms with Gasteiger partial charge in [0.1, 0.15) is 5.82 Å². The summed E-state index contributed by atoms with van der Waals surface area (Å²) in [4.78, 5) is 20.5. The van der Waals surface area contributed by atoms with Gasteiger partial charge in [-0.3, -0.25) is 9.78 Å². The molecule has 0 spiro atoms. The summed E-state index contributed by atoms with van der Waals surface area (Å²) in [7, 11) is 0. The second-order valence-electron chi connectivity index (χ2n) is 7.63. The monoisotopic (exact) mass is 428 g/mol. The molecular weight excluding hydrogens is 407 g/mol. The summed E-state index contributed by atoms with van der Waals surface area (Å²) in [5, 5.41) is 10.6. The number of nitrogens with one attached hydrogen (secondary N) is 2. The molecule has 1 aliphatic rings. The van der Waals surface area contributed by atoms with E-state index in [-0.39, 0.29) is 11.7 Å². The van der Waals surface area contributed by atoms with E-state index in [0.717, 1.165) is 22.5 Å². The van der Waals surface area contributed by atoms with Crippen LogP contribution in [0.25, 0.3) is 22.5 Å². The van der Waals surface area contributed by atoms with Gasteiger partial charge in [0.2, 0.25) is 5.95 Å². The van der Waals surface area contributed by atoms with E-state index >= 15 is 0 Å². The molecule has 2 aromatic heterocycles. The number of aryl methyl sites for hydroxylation is 2. The van der Waals surface area contributed by atoms with Gasteiger partial charge in [0.15, 0.2) is 5.82 Å². The second kappa shape index (κ2) is 7.88. The number of anilines is 2. The number of hydrogen-bond acceptors (Lipinski definition) is 5. The Hall–Kier alpha value is -4.07. The number of amides is 1. The number of fused-ring (bicyclic) bond motifs is 1. The molecule has 0 aliphatic carbocycles. The lowest BCUT2D eigenvalue weighted by atomic mass is 10.0. The first-order valence-electron chi connectivity index (χ1n) is 10.4. The topological polar surface area (TPSA) is 84.7 Å². The van der Waals surface area contributed by atoms with Crippen molar-refractivity contribution in [1.29, 1.82) is 0 Å². The SMILES string of the molecule is CCn1nc(-c2ccc(-c3ccnc(C)c3)c(F)c2)nc1Nc1ccc2c(c1)CNC2=O. The van der Waals surface area contributed by atoms with Crippen molar-refractivity contribution in [3.05, 3.63) is 77.4 Å². The summed E-state index contributed by atoms with van der Waals surface area (Å²) in [6.45, 7) is 4.95. The molecule has 0 saturated carbocycles. The molecule has 0 radical (unpaired) electrons. The van der Waals surface area contributed by atoms with Gasteiger partial charge >= 0.3 is 0 Å². The van der Waals surface area contributed by atoms with Gasteiger partial charge in [0.05, 0.1) is 0 Å². The number of pyridine rings is 1. The molecule has 0 bridgehead atoms. The third-order valence-corrected chi connectivity index (χ3v) is 5.45. The van der Waals surface area contributed by atoms with Crippen molar-refractivity contribution in [2.75, 3.05) is 5.32 Å². The summed E-state index contributed by atoms with van der Waals surface area (Å²) in [6, 6.07) is 14.2. The molecule has 2 N–H and O–H groups in total. The third-order valence-electron chi connectivity index (χ3n) is 5.45. The van der Waals surface area contributed by atoms with E-state index < -0.39 is 0 Å². The van der Waals surface area contributed by atoms with Crippen molar-refractivity contribution in [1.82, 2.24) is 25.1 Å². The summed E-state index contributed by atoms with van der Waals surface area (Å²) in [5.41, 5.74) is 5.14. The van der Waals surface area contributed by atoms with E-state index in [1.165, 1.54) is 6.07 Å². The molecule has 8 heteroatoms. The van der Waals surface area contributed by atoms with E-state index in [1.807, 2.05) is 38.1 Å². The summed E-state index contributed by atoms with van der Waals surface area (Å²) < 4.78 is 16.6. The average Bonchev–Trinajstić information content (AvgIpc) is 3.37. The Morgan fingerprint density at radius 3 is 2.72 bits per heavy atom. The van der Waals surface area contributed by atoms with Gasteiger partial charge in [0.25, 0.3) is 5.91 Å². The van der Waals surface area contributed by atoms with E-state index in [2.05, 4.69) is 25.7 Å². The van der Waals surface area contributed by atoms with Crippen molar-refractivity contribution in [2.24, 2.45) is 0 Å². The van der Waals surface area contributed by atoms with Crippen LogP contribution in [0.5, 0.6) is 0 Å². The van der Waals surface area contributed by atoms with Gasteiger partial charge in [-0.1, -0.05) is 12.1 Å². The first kappa shape index (κ1) is 19.9. The lowest BCUT2D eigenvalue weighted by Gasteiger charge is -2.07. The quantitative estimate of drug-likeness (QED) is 0.490. The molecule has 7 nitrogen and oxygen atoms in total. The number of halogens is 1. The molecule has 32 heavy (non-hydrogen) atoms. The maximum Gasteiger partial charge on any atom is 0.251 e. The molecule has 1 aliphatic heterocycles. The standard InChI is InChI=1S/C24H21FN6O/c1-3-31-24(28-18-5-7-20-17(11-18)13-27-23(20)32)29-22(30-31)16-4-6-19(21(25)12-16)15-8-9-26-14(2)10-15/h4-12H,3,13H2,1-2H3,(H,27,32)(H,28,29,30). The minimum atomic E-state index is -0.341. The smallest absolute Gasteiger partial charge is 0.251 e. The van der Waals surface area contributed by atoms with E-state index in [4.69, 9.17) is 0 Å². The molecule has 0 saturated heterocycles. The highest BCUT2D eigenvalue weighted by Gasteiger charge is 2.19. The normalized spacial score (nSPS) is 12.5. The number of carbonyl (C=O) groups excluding carboxylic acids is 1. The maximum absolute atomic E-state index is 14.9. The number of hydrogen-bond donors (Lipinski definition) is 2. The van der Waals surface area contributed by atoms with Crippen molar-refractivity contribution in [2.45, 2.75) is 26.9 Å². The van der Waals surface area contributed by atoms with Crippen LogP contribution in [0.15, 0.2) is 54.7 Å².